The Morgan fingerprint density at radius 1 is 1.10 bits per heavy atom. The monoisotopic (exact) mass is 293 g/mol. The Labute approximate surface area is 130 Å². The number of hydrogen-bond acceptors (Lipinski definition) is 3. The largest absolute Gasteiger partial charge is 0.497 e. The molecule has 0 spiro atoms. The summed E-state index contributed by atoms with van der Waals surface area (Å²) in [6.45, 7) is 8.27. The molecule has 0 saturated heterocycles. The quantitative estimate of drug-likeness (QED) is 0.590. The molecule has 0 aliphatic carbocycles. The highest BCUT2D eigenvalue weighted by atomic mass is 16.5. The first-order chi connectivity index (χ1) is 10.2. The van der Waals surface area contributed by atoms with Crippen molar-refractivity contribution in [1.82, 2.24) is 5.32 Å². The maximum atomic E-state index is 5.71. The van der Waals surface area contributed by atoms with E-state index in [4.69, 9.17) is 9.47 Å². The fourth-order valence-corrected chi connectivity index (χ4v) is 2.15. The highest BCUT2D eigenvalue weighted by Gasteiger charge is 1.97. The molecule has 3 nitrogen and oxygen atoms in total. The van der Waals surface area contributed by atoms with Crippen LogP contribution in [0.5, 0.6) is 5.75 Å². The molecule has 0 bridgehead atoms. The van der Waals surface area contributed by atoms with E-state index < -0.39 is 0 Å². The summed E-state index contributed by atoms with van der Waals surface area (Å²) in [4.78, 5) is 0. The molecule has 0 unspecified atom stereocenters. The van der Waals surface area contributed by atoms with Crippen LogP contribution in [0.3, 0.4) is 0 Å². The fourth-order valence-electron chi connectivity index (χ4n) is 2.15. The van der Waals surface area contributed by atoms with Crippen molar-refractivity contribution in [3.05, 3.63) is 29.8 Å². The summed E-state index contributed by atoms with van der Waals surface area (Å²) < 4.78 is 10.9. The van der Waals surface area contributed by atoms with Crippen molar-refractivity contribution >= 4 is 0 Å². The van der Waals surface area contributed by atoms with Crippen molar-refractivity contribution in [1.29, 1.82) is 0 Å². The average molecular weight is 293 g/mol. The molecular weight excluding hydrogens is 262 g/mol. The van der Waals surface area contributed by atoms with Crippen molar-refractivity contribution in [3.8, 4) is 5.75 Å². The molecule has 0 saturated carbocycles. The van der Waals surface area contributed by atoms with E-state index in [1.165, 1.54) is 24.8 Å². The lowest BCUT2D eigenvalue weighted by Gasteiger charge is -2.08. The van der Waals surface area contributed by atoms with Crippen LogP contribution in [0.2, 0.25) is 0 Å². The Bertz CT molecular complexity index is 366. The Morgan fingerprint density at radius 3 is 2.67 bits per heavy atom. The lowest BCUT2D eigenvalue weighted by atomic mass is 10.2. The van der Waals surface area contributed by atoms with Crippen LogP contribution in [0.1, 0.15) is 45.1 Å². The Morgan fingerprint density at radius 2 is 1.90 bits per heavy atom. The maximum Gasteiger partial charge on any atom is 0.119 e. The van der Waals surface area contributed by atoms with E-state index in [1.807, 2.05) is 18.2 Å². The zero-order valence-electron chi connectivity index (χ0n) is 13.9. The standard InChI is InChI=1S/C18H31NO2/c1-16(2)14-19-11-6-4-5-7-12-21-15-17-9-8-10-18(13-17)20-3/h8-10,13,16,19H,4-7,11-12,14-15H2,1-3H3. The maximum absolute atomic E-state index is 5.71. The van der Waals surface area contributed by atoms with Gasteiger partial charge in [0.25, 0.3) is 0 Å². The third kappa shape index (κ3) is 9.48. The van der Waals surface area contributed by atoms with Gasteiger partial charge in [-0.15, -0.1) is 0 Å². The lowest BCUT2D eigenvalue weighted by molar-refractivity contribution is 0.116. The van der Waals surface area contributed by atoms with Gasteiger partial charge in [-0.3, -0.25) is 0 Å². The van der Waals surface area contributed by atoms with E-state index in [0.29, 0.717) is 6.61 Å². The zero-order chi connectivity index (χ0) is 15.3. The number of benzene rings is 1. The smallest absolute Gasteiger partial charge is 0.119 e. The topological polar surface area (TPSA) is 30.5 Å². The van der Waals surface area contributed by atoms with Gasteiger partial charge in [0.2, 0.25) is 0 Å². The van der Waals surface area contributed by atoms with Crippen LogP contribution in [0.15, 0.2) is 24.3 Å². The van der Waals surface area contributed by atoms with Crippen LogP contribution in [-0.4, -0.2) is 26.8 Å². The second-order valence-corrected chi connectivity index (χ2v) is 5.92. The van der Waals surface area contributed by atoms with Gasteiger partial charge in [-0.2, -0.15) is 0 Å². The Kier molecular flexibility index (Phi) is 9.92. The van der Waals surface area contributed by atoms with Gasteiger partial charge in [0, 0.05) is 6.61 Å². The molecule has 21 heavy (non-hydrogen) atoms. The highest BCUT2D eigenvalue weighted by Crippen LogP contribution is 2.13. The second kappa shape index (κ2) is 11.6. The first-order valence-electron chi connectivity index (χ1n) is 8.13. The van der Waals surface area contributed by atoms with Gasteiger partial charge in [0.05, 0.1) is 13.7 Å². The van der Waals surface area contributed by atoms with Crippen LogP contribution in [0.4, 0.5) is 0 Å². The summed E-state index contributed by atoms with van der Waals surface area (Å²) in [5.74, 6) is 1.64. The molecule has 0 heterocycles. The summed E-state index contributed by atoms with van der Waals surface area (Å²) in [7, 11) is 1.69. The van der Waals surface area contributed by atoms with Crippen molar-refractivity contribution in [3.63, 3.8) is 0 Å². The molecule has 0 aliphatic heterocycles. The van der Waals surface area contributed by atoms with Gasteiger partial charge in [-0.25, -0.2) is 0 Å². The summed E-state index contributed by atoms with van der Waals surface area (Å²) in [6, 6.07) is 8.06. The van der Waals surface area contributed by atoms with Gasteiger partial charge in [0.15, 0.2) is 0 Å². The molecule has 1 N–H and O–H groups in total. The highest BCUT2D eigenvalue weighted by molar-refractivity contribution is 5.27. The molecule has 0 aromatic heterocycles. The summed E-state index contributed by atoms with van der Waals surface area (Å²) in [5, 5.41) is 3.48. The number of unbranched alkanes of at least 4 members (excludes halogenated alkanes) is 3. The number of nitrogens with one attached hydrogen (secondary N) is 1. The number of ether oxygens (including phenoxy) is 2. The van der Waals surface area contributed by atoms with Crippen LogP contribution in [0.25, 0.3) is 0 Å². The SMILES string of the molecule is COc1cccc(COCCCCCCNCC(C)C)c1. The molecule has 1 aromatic carbocycles. The first-order valence-corrected chi connectivity index (χ1v) is 8.13. The number of rotatable bonds is 12. The summed E-state index contributed by atoms with van der Waals surface area (Å²) in [6.07, 6.45) is 4.95. The number of hydrogen-bond donors (Lipinski definition) is 1. The van der Waals surface area contributed by atoms with Crippen LogP contribution < -0.4 is 10.1 Å². The first kappa shape index (κ1) is 18.0. The van der Waals surface area contributed by atoms with Crippen LogP contribution in [-0.2, 0) is 11.3 Å². The van der Waals surface area contributed by atoms with Crippen molar-refractivity contribution in [2.24, 2.45) is 5.92 Å². The van der Waals surface area contributed by atoms with E-state index >= 15 is 0 Å². The molecule has 0 atom stereocenters. The minimum atomic E-state index is 0.674. The van der Waals surface area contributed by atoms with E-state index in [0.717, 1.165) is 37.8 Å². The Balaban J connectivity index is 1.92. The van der Waals surface area contributed by atoms with Gasteiger partial charge in [0.1, 0.15) is 5.75 Å². The predicted molar refractivity (Wildman–Crippen MR) is 88.8 cm³/mol. The van der Waals surface area contributed by atoms with Gasteiger partial charge < -0.3 is 14.8 Å². The third-order valence-corrected chi connectivity index (χ3v) is 3.35. The van der Waals surface area contributed by atoms with Gasteiger partial charge in [-0.05, 0) is 49.5 Å². The van der Waals surface area contributed by atoms with Crippen LogP contribution >= 0.6 is 0 Å². The average Bonchev–Trinajstić information content (AvgIpc) is 2.49. The molecule has 0 radical (unpaired) electrons. The van der Waals surface area contributed by atoms with Crippen molar-refractivity contribution in [2.75, 3.05) is 26.8 Å². The summed E-state index contributed by atoms with van der Waals surface area (Å²) in [5.41, 5.74) is 1.17. The fraction of sp³-hybridized carbons (Fsp3) is 0.667. The number of methoxy groups -OCH3 is 1. The van der Waals surface area contributed by atoms with E-state index in [-0.39, 0.29) is 0 Å². The van der Waals surface area contributed by atoms with E-state index in [2.05, 4.69) is 25.2 Å². The van der Waals surface area contributed by atoms with Crippen LogP contribution in [0, 0.1) is 5.92 Å². The molecule has 120 valence electrons. The zero-order valence-corrected chi connectivity index (χ0v) is 13.9. The van der Waals surface area contributed by atoms with Crippen molar-refractivity contribution < 1.29 is 9.47 Å². The summed E-state index contributed by atoms with van der Waals surface area (Å²) >= 11 is 0. The minimum Gasteiger partial charge on any atom is -0.497 e. The van der Waals surface area contributed by atoms with Gasteiger partial charge in [-0.1, -0.05) is 38.8 Å². The minimum absolute atomic E-state index is 0.674. The van der Waals surface area contributed by atoms with E-state index in [1.54, 1.807) is 7.11 Å². The third-order valence-electron chi connectivity index (χ3n) is 3.35. The molecule has 0 aliphatic rings. The lowest BCUT2D eigenvalue weighted by Crippen LogP contribution is -2.20. The Hall–Kier alpha value is -1.06. The molecule has 0 fully saturated rings. The van der Waals surface area contributed by atoms with Crippen molar-refractivity contribution in [2.45, 2.75) is 46.1 Å². The van der Waals surface area contributed by atoms with E-state index in [9.17, 15) is 0 Å². The van der Waals surface area contributed by atoms with Gasteiger partial charge >= 0.3 is 0 Å². The normalized spacial score (nSPS) is 11.0. The predicted octanol–water partition coefficient (Wildman–Crippen LogP) is 4.02. The molecule has 3 heteroatoms. The second-order valence-electron chi connectivity index (χ2n) is 5.92. The molecular formula is C18H31NO2. The molecule has 1 rings (SSSR count). The molecule has 0 amide bonds. The molecule has 1 aromatic rings.